The van der Waals surface area contributed by atoms with E-state index in [0.29, 0.717) is 108 Å². The molecule has 0 aromatic rings. The Labute approximate surface area is 631 Å². The van der Waals surface area contributed by atoms with E-state index < -0.39 is 106 Å². The molecule has 0 aliphatic heterocycles. The van der Waals surface area contributed by atoms with Crippen molar-refractivity contribution in [3.05, 3.63) is 0 Å². The van der Waals surface area contributed by atoms with Gasteiger partial charge in [0.1, 0.15) is 28.0 Å². The highest BCUT2D eigenvalue weighted by atomic mass is 16.6. The van der Waals surface area contributed by atoms with Crippen LogP contribution in [0.3, 0.4) is 0 Å². The van der Waals surface area contributed by atoms with Gasteiger partial charge in [-0.25, -0.2) is 0 Å². The van der Waals surface area contributed by atoms with E-state index in [2.05, 4.69) is 13.8 Å². The van der Waals surface area contributed by atoms with Gasteiger partial charge in [-0.2, -0.15) is 0 Å². The molecule has 20 fully saturated rings. The summed E-state index contributed by atoms with van der Waals surface area (Å²) in [6.07, 6.45) is 27.2. The van der Waals surface area contributed by atoms with E-state index in [0.717, 1.165) is 141 Å². The fraction of sp³-hybridized carbons (Fsp3) is 0.941. The van der Waals surface area contributed by atoms with Gasteiger partial charge in [-0.3, -0.25) is 24.0 Å². The third kappa shape index (κ3) is 16.9. The van der Waals surface area contributed by atoms with E-state index in [-0.39, 0.29) is 79.4 Å². The molecular weight excluding hydrogens is 1360 g/mol. The molecule has 12 atom stereocenters. The molecule has 0 radical (unpaired) electrons. The number of hydrogen-bond acceptors (Lipinski definition) is 21. The maximum absolute atomic E-state index is 12.9. The van der Waals surface area contributed by atoms with Crippen LogP contribution in [0.5, 0.6) is 0 Å². The molecule has 606 valence electrons. The van der Waals surface area contributed by atoms with Crippen molar-refractivity contribution in [2.24, 2.45) is 57.2 Å². The van der Waals surface area contributed by atoms with Crippen molar-refractivity contribution < 1.29 is 104 Å². The van der Waals surface area contributed by atoms with Gasteiger partial charge in [-0.05, 0) is 199 Å². The third-order valence-corrected chi connectivity index (χ3v) is 30.5. The lowest BCUT2D eigenvalue weighted by Crippen LogP contribution is -2.72. The van der Waals surface area contributed by atoms with Gasteiger partial charge in [0.25, 0.3) is 0 Å². The second-order valence-electron chi connectivity index (χ2n) is 41.5. The van der Waals surface area contributed by atoms with Gasteiger partial charge in [0.15, 0.2) is 0 Å². The summed E-state index contributed by atoms with van der Waals surface area (Å²) in [5.74, 6) is 0.567. The molecule has 0 spiro atoms. The zero-order valence-corrected chi connectivity index (χ0v) is 67.2. The Morgan fingerprint density at radius 1 is 0.321 bits per heavy atom. The van der Waals surface area contributed by atoms with Crippen LogP contribution in [0, 0.1) is 57.2 Å². The maximum Gasteiger partial charge on any atom is 0.314 e. The molecule has 20 saturated carbocycles. The van der Waals surface area contributed by atoms with Gasteiger partial charge in [0, 0.05) is 103 Å². The first kappa shape index (κ1) is 83.8. The second kappa shape index (κ2) is 28.5. The summed E-state index contributed by atoms with van der Waals surface area (Å²) in [5, 5.41) is 116. The topological polar surface area (TPSA) is 354 Å². The van der Waals surface area contributed by atoms with Crippen LogP contribution >= 0.6 is 0 Å². The van der Waals surface area contributed by atoms with Crippen LogP contribution in [-0.2, 0) is 47.7 Å². The summed E-state index contributed by atoms with van der Waals surface area (Å²) in [4.78, 5) is 62.9. The minimum absolute atomic E-state index is 0.136. The van der Waals surface area contributed by atoms with E-state index in [4.69, 9.17) is 23.7 Å². The average molecular weight is 1500 g/mol. The molecule has 0 aromatic carbocycles. The van der Waals surface area contributed by atoms with E-state index in [9.17, 15) is 80.1 Å². The van der Waals surface area contributed by atoms with E-state index in [1.165, 1.54) is 6.42 Å². The van der Waals surface area contributed by atoms with Gasteiger partial charge in [-0.1, -0.05) is 81.6 Å². The minimum Gasteiger partial charge on any atom is -0.459 e. The normalized spacial score (nSPS) is 46.1. The van der Waals surface area contributed by atoms with E-state index >= 15 is 0 Å². The predicted molar refractivity (Wildman–Crippen MR) is 394 cm³/mol. The molecule has 0 amide bonds. The molecular formula is C85H140O21. The van der Waals surface area contributed by atoms with Crippen LogP contribution in [0.15, 0.2) is 0 Å². The number of aliphatic hydroxyl groups is 11. The monoisotopic (exact) mass is 1500 g/mol. The first-order valence-electron chi connectivity index (χ1n) is 41.9. The quantitative estimate of drug-likeness (QED) is 0.0354. The van der Waals surface area contributed by atoms with Crippen molar-refractivity contribution in [3.8, 4) is 0 Å². The fourth-order valence-corrected chi connectivity index (χ4v) is 26.4. The van der Waals surface area contributed by atoms with Crippen molar-refractivity contribution in [1.82, 2.24) is 0 Å². The number of aliphatic hydroxyl groups excluding tert-OH is 1. The highest BCUT2D eigenvalue weighted by Crippen LogP contribution is 2.66. The number of carbonyl (C=O) groups is 5. The van der Waals surface area contributed by atoms with Crippen molar-refractivity contribution in [1.29, 1.82) is 0 Å². The summed E-state index contributed by atoms with van der Waals surface area (Å²) in [7, 11) is 0. The van der Waals surface area contributed by atoms with Crippen molar-refractivity contribution in [2.45, 2.75) is 437 Å². The number of ether oxygens (including phenoxy) is 5. The van der Waals surface area contributed by atoms with Gasteiger partial charge in [0.05, 0.1) is 90.2 Å². The molecule has 11 N–H and O–H groups in total. The SMILES string of the molecule is CCC(C)(CC)C(=O)OC12CC3CC(O)(CC(O)(C3)C1)C2.CCC(C)(CO)C(=O)OC12CC3CC(CC(O)(C3)C1)C2.CCC(C)C(=O)OC12CC3(O)CC(O)(CC(O)(C3)C1)C2.CCCC(C)(CC)C(=O)OC12CC3CC(O)(CC(O)(C3)C1)C2.CCCCC(C)(CC)C(=O)OC12CC3CC(O)(CC(O)(C3)C1)C2. The zero-order chi connectivity index (χ0) is 78.1. The van der Waals surface area contributed by atoms with Crippen LogP contribution < -0.4 is 0 Å². The number of esters is 5. The smallest absolute Gasteiger partial charge is 0.314 e. The second-order valence-corrected chi connectivity index (χ2v) is 41.5. The molecule has 0 aromatic heterocycles. The van der Waals surface area contributed by atoms with Crippen molar-refractivity contribution in [2.75, 3.05) is 6.61 Å². The Bertz CT molecular complexity index is 3120. The largest absolute Gasteiger partial charge is 0.459 e. The molecule has 21 nitrogen and oxygen atoms in total. The lowest BCUT2D eigenvalue weighted by atomic mass is 9.48. The summed E-state index contributed by atoms with van der Waals surface area (Å²) >= 11 is 0. The number of rotatable bonds is 22. The first-order chi connectivity index (χ1) is 48.9. The predicted octanol–water partition coefficient (Wildman–Crippen LogP) is 11.7. The fourth-order valence-electron chi connectivity index (χ4n) is 26.4. The van der Waals surface area contributed by atoms with Crippen LogP contribution in [0.1, 0.15) is 353 Å². The lowest BCUT2D eigenvalue weighted by molar-refractivity contribution is -0.302. The summed E-state index contributed by atoms with van der Waals surface area (Å²) in [6, 6.07) is 0. The molecule has 0 heterocycles. The van der Waals surface area contributed by atoms with Crippen LogP contribution in [0.2, 0.25) is 0 Å². The number of unbranched alkanes of at least 4 members (excludes halogenated alkanes) is 1. The molecule has 20 rings (SSSR count). The molecule has 21 heteroatoms. The third-order valence-electron chi connectivity index (χ3n) is 30.5. The average Bonchev–Trinajstić information content (AvgIpc) is 0.710. The summed E-state index contributed by atoms with van der Waals surface area (Å²) in [6.45, 7) is 25.4. The zero-order valence-electron chi connectivity index (χ0n) is 67.2. The molecule has 20 bridgehead atoms. The standard InChI is InChI=1S/C19H32O4.C18H30O4.C17H28O4.C16H26O4.C15H24O5/c1-4-6-7-16(3,5-2)15(20)23-19-10-14-8-17(21,12-19)11-18(22,9-14)13-19;1-4-6-15(3,5-2)14(19)22-18-9-13-7-16(20,11-18)10-17(21,8-13)12-18;1-4-14(3,5-2)13(18)21-17-8-12-6-15(19,10-17)9-16(20,7-12)11-17;1-3-14(2,10-17)13(18)20-16-7-11-4-12(8-16)6-15(19,5-11)9-16;1-3-10(2)11(16)20-15-7-12(17)4-13(18,8-15)6-14(19,5-12)9-15/h14,21-22H,4-13H2,1-3H3;13,20-21H,4-12H2,1-3H3;12,19-20H,4-11H2,1-3H3;11-12,17,19H,3-10H2,1-2H3;10,17-19H,3-9H2,1-2H3. The van der Waals surface area contributed by atoms with E-state index in [1.807, 2.05) is 62.3 Å². The van der Waals surface area contributed by atoms with Crippen molar-refractivity contribution >= 4 is 29.8 Å². The maximum atomic E-state index is 12.9. The minimum atomic E-state index is -1.12. The highest BCUT2D eigenvalue weighted by Gasteiger charge is 2.72. The Balaban J connectivity index is 0.000000132. The molecule has 20 aliphatic carbocycles. The van der Waals surface area contributed by atoms with Crippen LogP contribution in [-0.4, -0.2) is 177 Å². The van der Waals surface area contributed by atoms with Gasteiger partial charge < -0.3 is 79.9 Å². The first-order valence-corrected chi connectivity index (χ1v) is 41.9. The Morgan fingerprint density at radius 3 is 0.887 bits per heavy atom. The Morgan fingerprint density at radius 2 is 0.594 bits per heavy atom. The molecule has 12 unspecified atom stereocenters. The molecule has 20 aliphatic rings. The van der Waals surface area contributed by atoms with Gasteiger partial charge >= 0.3 is 29.8 Å². The Hall–Kier alpha value is -3.09. The molecule has 0 saturated heterocycles. The van der Waals surface area contributed by atoms with Crippen LogP contribution in [0.25, 0.3) is 0 Å². The molecule has 106 heavy (non-hydrogen) atoms. The van der Waals surface area contributed by atoms with Gasteiger partial charge in [0.2, 0.25) is 0 Å². The van der Waals surface area contributed by atoms with Crippen molar-refractivity contribution in [3.63, 3.8) is 0 Å². The van der Waals surface area contributed by atoms with E-state index in [1.54, 1.807) is 13.8 Å². The highest BCUT2D eigenvalue weighted by molar-refractivity contribution is 5.79. The summed E-state index contributed by atoms with van der Waals surface area (Å²) < 4.78 is 29.7. The van der Waals surface area contributed by atoms with Crippen LogP contribution in [0.4, 0.5) is 0 Å². The number of hydrogen-bond donors (Lipinski definition) is 11. The Kier molecular flexibility index (Phi) is 22.5. The lowest BCUT2D eigenvalue weighted by Gasteiger charge is -2.65. The summed E-state index contributed by atoms with van der Waals surface area (Å²) in [5.41, 5.74) is -14.6. The van der Waals surface area contributed by atoms with Gasteiger partial charge in [-0.15, -0.1) is 0 Å². The number of carbonyl (C=O) groups excluding carboxylic acids is 5.